The van der Waals surface area contributed by atoms with Crippen LogP contribution in [-0.4, -0.2) is 50.8 Å². The van der Waals surface area contributed by atoms with E-state index in [0.29, 0.717) is 18.7 Å². The fraction of sp³-hybridized carbons (Fsp3) is 0.400. The average molecular weight is 435 g/mol. The number of halogens is 1. The second-order valence-electron chi connectivity index (χ2n) is 7.03. The van der Waals surface area contributed by atoms with Crippen molar-refractivity contribution in [1.82, 2.24) is 14.5 Å². The molecule has 1 aliphatic heterocycles. The summed E-state index contributed by atoms with van der Waals surface area (Å²) in [5.41, 5.74) is 0.662. The van der Waals surface area contributed by atoms with Gasteiger partial charge in [-0.1, -0.05) is 41.9 Å². The first-order valence-electron chi connectivity index (χ1n) is 9.56. The quantitative estimate of drug-likeness (QED) is 0.643. The lowest BCUT2D eigenvalue weighted by Crippen LogP contribution is -2.40. The van der Waals surface area contributed by atoms with Crippen LogP contribution in [0.5, 0.6) is 0 Å². The number of likely N-dealkylation sites (tertiary alicyclic amines) is 1. The van der Waals surface area contributed by atoms with Crippen LogP contribution in [-0.2, 0) is 22.7 Å². The van der Waals surface area contributed by atoms with E-state index in [1.165, 1.54) is 9.47 Å². The number of carboxylic acid groups (broad SMARTS) is 1. The molecule has 0 spiro atoms. The first-order valence-corrected chi connectivity index (χ1v) is 9.94. The van der Waals surface area contributed by atoms with Gasteiger partial charge in [-0.15, -0.1) is 0 Å². The summed E-state index contributed by atoms with van der Waals surface area (Å²) in [5.74, 6) is -0.608. The number of aromatic nitrogens is 2. The second-order valence-corrected chi connectivity index (χ2v) is 7.39. The molecule has 2 N–H and O–H groups in total. The molecule has 1 atom stereocenters. The number of ether oxygens (including phenoxy) is 1. The summed E-state index contributed by atoms with van der Waals surface area (Å²) >= 11 is 6.15. The Morgan fingerprint density at radius 2 is 2.07 bits per heavy atom. The van der Waals surface area contributed by atoms with Crippen molar-refractivity contribution >= 4 is 29.5 Å². The Balaban J connectivity index is 1.69. The molecule has 0 unspecified atom stereocenters. The number of anilines is 1. The lowest BCUT2D eigenvalue weighted by Gasteiger charge is -2.22. The van der Waals surface area contributed by atoms with Gasteiger partial charge in [-0.05, 0) is 25.3 Å². The third-order valence-electron chi connectivity index (χ3n) is 5.02. The minimum absolute atomic E-state index is 0.0290. The van der Waals surface area contributed by atoms with Gasteiger partial charge in [-0.3, -0.25) is 14.2 Å². The monoisotopic (exact) mass is 434 g/mol. The zero-order chi connectivity index (χ0) is 21.7. The van der Waals surface area contributed by atoms with Gasteiger partial charge < -0.3 is 20.1 Å². The van der Waals surface area contributed by atoms with Crippen LogP contribution >= 0.6 is 11.6 Å². The van der Waals surface area contributed by atoms with E-state index >= 15 is 0 Å². The van der Waals surface area contributed by atoms with Gasteiger partial charge in [0.2, 0.25) is 0 Å². The van der Waals surface area contributed by atoms with E-state index < -0.39 is 17.6 Å². The third kappa shape index (κ3) is 5.10. The number of esters is 1. The van der Waals surface area contributed by atoms with E-state index in [4.69, 9.17) is 16.3 Å². The van der Waals surface area contributed by atoms with Crippen LogP contribution < -0.4 is 10.9 Å². The SMILES string of the molecule is Cc1c(Cl)nc(NC[C@H]2CCCN2C(=O)O)c(=O)n1CC(=O)OCc1ccccc1. The molecule has 10 heteroatoms. The molecular formula is C20H23ClN4O5. The molecule has 2 heterocycles. The van der Waals surface area contributed by atoms with E-state index in [1.807, 2.05) is 30.3 Å². The molecule has 2 aromatic rings. The highest BCUT2D eigenvalue weighted by molar-refractivity contribution is 6.30. The van der Waals surface area contributed by atoms with Crippen molar-refractivity contribution < 1.29 is 19.4 Å². The molecule has 1 amide bonds. The predicted molar refractivity (Wildman–Crippen MR) is 111 cm³/mol. The number of hydrogen-bond acceptors (Lipinski definition) is 6. The van der Waals surface area contributed by atoms with Gasteiger partial charge >= 0.3 is 12.1 Å². The molecule has 160 valence electrons. The highest BCUT2D eigenvalue weighted by Gasteiger charge is 2.28. The number of benzene rings is 1. The molecule has 30 heavy (non-hydrogen) atoms. The van der Waals surface area contributed by atoms with E-state index in [-0.39, 0.29) is 36.7 Å². The smallest absolute Gasteiger partial charge is 0.407 e. The van der Waals surface area contributed by atoms with Crippen LogP contribution in [0.1, 0.15) is 24.1 Å². The summed E-state index contributed by atoms with van der Waals surface area (Å²) in [5, 5.41) is 12.2. The predicted octanol–water partition coefficient (Wildman–Crippen LogP) is 2.50. The first kappa shape index (κ1) is 21.6. The van der Waals surface area contributed by atoms with Crippen molar-refractivity contribution in [2.45, 2.75) is 39.0 Å². The van der Waals surface area contributed by atoms with Crippen LogP contribution in [0.2, 0.25) is 5.15 Å². The summed E-state index contributed by atoms with van der Waals surface area (Å²) in [6.45, 7) is 2.07. The van der Waals surface area contributed by atoms with Crippen LogP contribution in [0.4, 0.5) is 10.6 Å². The lowest BCUT2D eigenvalue weighted by atomic mass is 10.2. The maximum absolute atomic E-state index is 12.8. The second kappa shape index (κ2) is 9.62. The van der Waals surface area contributed by atoms with Gasteiger partial charge in [0, 0.05) is 13.1 Å². The van der Waals surface area contributed by atoms with E-state index in [9.17, 15) is 19.5 Å². The minimum Gasteiger partial charge on any atom is -0.465 e. The van der Waals surface area contributed by atoms with Crippen LogP contribution in [0.15, 0.2) is 35.1 Å². The van der Waals surface area contributed by atoms with Gasteiger partial charge in [0.25, 0.3) is 5.56 Å². The molecule has 0 radical (unpaired) electrons. The highest BCUT2D eigenvalue weighted by atomic mass is 35.5. The number of nitrogens with zero attached hydrogens (tertiary/aromatic N) is 3. The summed E-state index contributed by atoms with van der Waals surface area (Å²) in [6, 6.07) is 8.96. The Morgan fingerprint density at radius 1 is 1.33 bits per heavy atom. The van der Waals surface area contributed by atoms with E-state index in [0.717, 1.165) is 12.0 Å². The molecule has 1 aromatic carbocycles. The molecule has 1 fully saturated rings. The Hall–Kier alpha value is -3.07. The molecule has 1 aromatic heterocycles. The molecule has 0 bridgehead atoms. The zero-order valence-electron chi connectivity index (χ0n) is 16.5. The van der Waals surface area contributed by atoms with Gasteiger partial charge in [0.05, 0.1) is 11.7 Å². The van der Waals surface area contributed by atoms with Crippen molar-refractivity contribution in [3.8, 4) is 0 Å². The van der Waals surface area contributed by atoms with E-state index in [2.05, 4.69) is 10.3 Å². The topological polar surface area (TPSA) is 114 Å². The Morgan fingerprint density at radius 3 is 2.77 bits per heavy atom. The molecular weight excluding hydrogens is 412 g/mol. The van der Waals surface area contributed by atoms with Gasteiger partial charge in [0.1, 0.15) is 13.2 Å². The molecule has 0 aliphatic carbocycles. The van der Waals surface area contributed by atoms with Gasteiger partial charge in [-0.25, -0.2) is 9.78 Å². The summed E-state index contributed by atoms with van der Waals surface area (Å²) < 4.78 is 6.45. The van der Waals surface area contributed by atoms with Crippen molar-refractivity contribution in [3.05, 3.63) is 57.1 Å². The first-order chi connectivity index (χ1) is 14.4. The molecule has 1 aliphatic rings. The zero-order valence-corrected chi connectivity index (χ0v) is 17.3. The molecule has 0 saturated carbocycles. The lowest BCUT2D eigenvalue weighted by molar-refractivity contribution is -0.145. The van der Waals surface area contributed by atoms with Crippen LogP contribution in [0.3, 0.4) is 0 Å². The third-order valence-corrected chi connectivity index (χ3v) is 5.38. The largest absolute Gasteiger partial charge is 0.465 e. The average Bonchev–Trinajstić information content (AvgIpc) is 3.21. The number of nitrogens with one attached hydrogen (secondary N) is 1. The van der Waals surface area contributed by atoms with Crippen molar-refractivity contribution in [2.24, 2.45) is 0 Å². The van der Waals surface area contributed by atoms with Gasteiger partial charge in [-0.2, -0.15) is 0 Å². The maximum atomic E-state index is 12.8. The summed E-state index contributed by atoms with van der Waals surface area (Å²) in [4.78, 5) is 41.7. The normalized spacial score (nSPS) is 15.8. The van der Waals surface area contributed by atoms with Gasteiger partial charge in [0.15, 0.2) is 11.0 Å². The summed E-state index contributed by atoms with van der Waals surface area (Å²) in [7, 11) is 0. The van der Waals surface area contributed by atoms with Crippen LogP contribution in [0, 0.1) is 6.92 Å². The number of amides is 1. The number of rotatable bonds is 7. The minimum atomic E-state index is -0.993. The van der Waals surface area contributed by atoms with Crippen molar-refractivity contribution in [1.29, 1.82) is 0 Å². The fourth-order valence-corrected chi connectivity index (χ4v) is 3.54. The van der Waals surface area contributed by atoms with Crippen LogP contribution in [0.25, 0.3) is 0 Å². The Kier molecular flexibility index (Phi) is 6.94. The van der Waals surface area contributed by atoms with E-state index in [1.54, 1.807) is 6.92 Å². The van der Waals surface area contributed by atoms with Crippen molar-refractivity contribution in [3.63, 3.8) is 0 Å². The molecule has 9 nitrogen and oxygen atoms in total. The standard InChI is InChI=1S/C20H23ClN4O5/c1-13-17(21)23-18(22-10-15-8-5-9-24(15)20(28)29)19(27)25(13)11-16(26)30-12-14-6-3-2-4-7-14/h2-4,6-7,15H,5,8-12H2,1H3,(H,22,23)(H,28,29)/t15-/m1/s1. The Labute approximate surface area is 178 Å². The van der Waals surface area contributed by atoms with Crippen molar-refractivity contribution in [2.75, 3.05) is 18.4 Å². The highest BCUT2D eigenvalue weighted by Crippen LogP contribution is 2.18. The Bertz CT molecular complexity index is 979. The molecule has 1 saturated heterocycles. The number of carbonyl (C=O) groups excluding carboxylic acids is 1. The summed E-state index contributed by atoms with van der Waals surface area (Å²) in [6.07, 6.45) is 0.463. The number of carbonyl (C=O) groups is 2. The number of hydrogen-bond donors (Lipinski definition) is 2. The fourth-order valence-electron chi connectivity index (χ4n) is 3.35. The molecule has 3 rings (SSSR count). The maximum Gasteiger partial charge on any atom is 0.407 e.